The maximum absolute atomic E-state index is 5.96. The Morgan fingerprint density at radius 1 is 1.29 bits per heavy atom. The van der Waals surface area contributed by atoms with Crippen LogP contribution in [0.3, 0.4) is 0 Å². The van der Waals surface area contributed by atoms with Crippen molar-refractivity contribution in [3.8, 4) is 0 Å². The van der Waals surface area contributed by atoms with Crippen molar-refractivity contribution in [3.05, 3.63) is 47.5 Å². The van der Waals surface area contributed by atoms with E-state index in [1.165, 1.54) is 12.7 Å². The molecule has 0 atom stereocenters. The zero-order valence-corrected chi connectivity index (χ0v) is 12.5. The lowest BCUT2D eigenvalue weighted by Crippen LogP contribution is -2.26. The second-order valence-electron chi connectivity index (χ2n) is 4.66. The van der Waals surface area contributed by atoms with Gasteiger partial charge < -0.3 is 0 Å². The minimum absolute atomic E-state index is 0.176. The normalized spacial score (nSPS) is 11.0. The molecular weight excluding hydrogens is 290 g/mol. The minimum atomic E-state index is 0.176. The second kappa shape index (κ2) is 5.67. The number of fused-ring (bicyclic) bond motifs is 1. The molecule has 2 aromatic heterocycles. The maximum Gasteiger partial charge on any atom is 0.309 e. The van der Waals surface area contributed by atoms with Crippen LogP contribution in [0.2, 0.25) is 5.28 Å². The molecule has 3 aromatic rings. The van der Waals surface area contributed by atoms with E-state index >= 15 is 0 Å². The van der Waals surface area contributed by atoms with Crippen molar-refractivity contribution in [1.29, 1.82) is 0 Å². The molecule has 0 spiro atoms. The lowest BCUT2D eigenvalue weighted by molar-refractivity contribution is -0.647. The maximum atomic E-state index is 5.96. The van der Waals surface area contributed by atoms with E-state index in [1.807, 2.05) is 36.1 Å². The molecule has 1 aromatic carbocycles. The molecule has 0 unspecified atom stereocenters. The number of halogens is 1. The Morgan fingerprint density at radius 3 is 2.76 bits per heavy atom. The van der Waals surface area contributed by atoms with Crippen LogP contribution in [0.4, 0.5) is 5.82 Å². The Balaban J connectivity index is 2.14. The first-order chi connectivity index (χ1) is 10.2. The van der Waals surface area contributed by atoms with Crippen molar-refractivity contribution < 1.29 is 9.40 Å². The van der Waals surface area contributed by atoms with Gasteiger partial charge in [-0.1, -0.05) is 35.3 Å². The average molecular weight is 305 g/mol. The summed E-state index contributed by atoms with van der Waals surface area (Å²) in [6, 6.07) is 10.2. The Bertz CT molecular complexity index is 772. The summed E-state index contributed by atoms with van der Waals surface area (Å²) in [5.74, 6) is 0.545. The number of imidazole rings is 1. The molecule has 1 N–H and O–H groups in total. The molecule has 0 aliphatic rings. The number of hydrogen-bond donors (Lipinski definition) is 1. The number of nitrogens with zero attached hydrogens (tertiary/aromatic N) is 4. The highest BCUT2D eigenvalue weighted by Crippen LogP contribution is 2.21. The van der Waals surface area contributed by atoms with Crippen molar-refractivity contribution in [2.75, 3.05) is 12.6 Å². The molecule has 6 nitrogen and oxygen atoms in total. The van der Waals surface area contributed by atoms with E-state index < -0.39 is 0 Å². The smallest absolute Gasteiger partial charge is 0.278 e. The molecule has 0 bridgehead atoms. The third kappa shape index (κ3) is 2.68. The Kier molecular flexibility index (Phi) is 3.72. The fourth-order valence-corrected chi connectivity index (χ4v) is 2.48. The van der Waals surface area contributed by atoms with Crippen LogP contribution in [0.25, 0.3) is 11.2 Å². The van der Waals surface area contributed by atoms with E-state index in [4.69, 9.17) is 16.4 Å². The molecule has 0 aliphatic carbocycles. The van der Waals surface area contributed by atoms with Crippen molar-refractivity contribution in [3.63, 3.8) is 0 Å². The Morgan fingerprint density at radius 2 is 2.05 bits per heavy atom. The molecule has 0 radical (unpaired) electrons. The topological polar surface area (TPSA) is 55.9 Å². The standard InChI is InChI=1S/C14H15ClN5O/c1-19-9-20(8-10-6-4-3-5-7-10)11-12(18-21-2)16-14(15)17-13(11)19/h3-7,9H,8H2,1-2H3,(H,16,17,18)/q+1. The Hall–Kier alpha value is -2.18. The van der Waals surface area contributed by atoms with Gasteiger partial charge in [-0.05, 0) is 17.2 Å². The van der Waals surface area contributed by atoms with Gasteiger partial charge in [-0.3, -0.25) is 9.40 Å². The lowest BCUT2D eigenvalue weighted by atomic mass is 10.2. The van der Waals surface area contributed by atoms with Gasteiger partial charge in [0.15, 0.2) is 6.33 Å². The highest BCUT2D eigenvalue weighted by molar-refractivity contribution is 6.28. The van der Waals surface area contributed by atoms with E-state index in [0.29, 0.717) is 12.4 Å². The van der Waals surface area contributed by atoms with Gasteiger partial charge in [0.1, 0.15) is 0 Å². The van der Waals surface area contributed by atoms with Crippen LogP contribution in [0.5, 0.6) is 0 Å². The quantitative estimate of drug-likeness (QED) is 0.455. The lowest BCUT2D eigenvalue weighted by Gasteiger charge is -2.04. The molecule has 0 saturated carbocycles. The number of benzene rings is 1. The number of rotatable bonds is 4. The summed E-state index contributed by atoms with van der Waals surface area (Å²) < 4.78 is 3.97. The third-order valence-corrected chi connectivity index (χ3v) is 3.34. The van der Waals surface area contributed by atoms with Crippen molar-refractivity contribution >= 4 is 28.6 Å². The summed E-state index contributed by atoms with van der Waals surface area (Å²) in [6.07, 6.45) is 1.96. The molecule has 0 aliphatic heterocycles. The van der Waals surface area contributed by atoms with Gasteiger partial charge in [0.2, 0.25) is 11.3 Å². The monoisotopic (exact) mass is 304 g/mol. The number of hydrogen-bond acceptors (Lipinski definition) is 4. The summed E-state index contributed by atoms with van der Waals surface area (Å²) in [5, 5.41) is 0.176. The Labute approximate surface area is 126 Å². The van der Waals surface area contributed by atoms with Gasteiger partial charge in [0.05, 0.1) is 20.7 Å². The zero-order valence-electron chi connectivity index (χ0n) is 11.7. The van der Waals surface area contributed by atoms with E-state index in [1.54, 1.807) is 0 Å². The molecule has 3 rings (SSSR count). The van der Waals surface area contributed by atoms with Crippen LogP contribution < -0.4 is 10.0 Å². The SMILES string of the molecule is CONc1nc(Cl)nc2c1n(Cc1ccccc1)c[n+]2C. The first-order valence-corrected chi connectivity index (χ1v) is 6.82. The zero-order chi connectivity index (χ0) is 14.8. The van der Waals surface area contributed by atoms with Gasteiger partial charge in [-0.15, -0.1) is 0 Å². The molecule has 108 valence electrons. The molecule has 0 amide bonds. The summed E-state index contributed by atoms with van der Waals surface area (Å²) in [6.45, 7) is 0.710. The molecule has 21 heavy (non-hydrogen) atoms. The van der Waals surface area contributed by atoms with Gasteiger partial charge in [0, 0.05) is 0 Å². The van der Waals surface area contributed by atoms with E-state index in [9.17, 15) is 0 Å². The largest absolute Gasteiger partial charge is 0.309 e. The van der Waals surface area contributed by atoms with Crippen molar-refractivity contribution in [2.45, 2.75) is 6.54 Å². The fourth-order valence-electron chi connectivity index (χ4n) is 2.32. The predicted molar refractivity (Wildman–Crippen MR) is 79.9 cm³/mol. The summed E-state index contributed by atoms with van der Waals surface area (Å²) in [4.78, 5) is 13.5. The minimum Gasteiger partial charge on any atom is -0.278 e. The first kappa shape index (κ1) is 13.8. The van der Waals surface area contributed by atoms with E-state index in [2.05, 4.69) is 32.1 Å². The van der Waals surface area contributed by atoms with E-state index in [0.717, 1.165) is 11.2 Å². The van der Waals surface area contributed by atoms with Crippen LogP contribution in [0, 0.1) is 0 Å². The predicted octanol–water partition coefficient (Wildman–Crippen LogP) is 1.93. The van der Waals surface area contributed by atoms with Crippen molar-refractivity contribution in [1.82, 2.24) is 14.5 Å². The summed E-state index contributed by atoms with van der Waals surface area (Å²) >= 11 is 5.96. The van der Waals surface area contributed by atoms with E-state index in [-0.39, 0.29) is 5.28 Å². The molecule has 7 heteroatoms. The summed E-state index contributed by atoms with van der Waals surface area (Å²) in [5.41, 5.74) is 5.53. The van der Waals surface area contributed by atoms with Gasteiger partial charge in [0.25, 0.3) is 0 Å². The van der Waals surface area contributed by atoms with Gasteiger partial charge in [-0.25, -0.2) is 10.0 Å². The van der Waals surface area contributed by atoms with Crippen LogP contribution in [-0.4, -0.2) is 21.6 Å². The number of nitrogens with one attached hydrogen (secondary N) is 1. The first-order valence-electron chi connectivity index (χ1n) is 6.44. The van der Waals surface area contributed by atoms with Crippen LogP contribution in [-0.2, 0) is 18.4 Å². The van der Waals surface area contributed by atoms with Crippen molar-refractivity contribution in [2.24, 2.45) is 7.05 Å². The van der Waals surface area contributed by atoms with Crippen LogP contribution >= 0.6 is 11.6 Å². The van der Waals surface area contributed by atoms with Crippen LogP contribution in [0.1, 0.15) is 5.56 Å². The number of aromatic nitrogens is 4. The molecule has 2 heterocycles. The summed E-state index contributed by atoms with van der Waals surface area (Å²) in [7, 11) is 3.45. The number of anilines is 1. The van der Waals surface area contributed by atoms with Gasteiger partial charge >= 0.3 is 10.9 Å². The highest BCUT2D eigenvalue weighted by Gasteiger charge is 2.22. The second-order valence-corrected chi connectivity index (χ2v) is 5.00. The van der Waals surface area contributed by atoms with Crippen LogP contribution in [0.15, 0.2) is 36.7 Å². The average Bonchev–Trinajstić information content (AvgIpc) is 2.77. The highest BCUT2D eigenvalue weighted by atomic mass is 35.5. The third-order valence-electron chi connectivity index (χ3n) is 3.17. The fraction of sp³-hybridized carbons (Fsp3) is 0.214. The number of aryl methyl sites for hydroxylation is 1. The molecule has 0 fully saturated rings. The molecular formula is C14H15ClN5O+. The van der Waals surface area contributed by atoms with Gasteiger partial charge in [-0.2, -0.15) is 4.98 Å². The molecule has 0 saturated heterocycles.